The van der Waals surface area contributed by atoms with E-state index in [1.165, 1.54) is 0 Å². The van der Waals surface area contributed by atoms with Gasteiger partial charge in [-0.25, -0.2) is 0 Å². The van der Waals surface area contributed by atoms with Crippen LogP contribution in [0.4, 0.5) is 0 Å². The summed E-state index contributed by atoms with van der Waals surface area (Å²) in [7, 11) is 0. The van der Waals surface area contributed by atoms with Gasteiger partial charge in [0, 0.05) is 5.56 Å². The lowest BCUT2D eigenvalue weighted by molar-refractivity contribution is -0.271. The van der Waals surface area contributed by atoms with Gasteiger partial charge in [-0.3, -0.25) is 0 Å². The van der Waals surface area contributed by atoms with Crippen LogP contribution in [0, 0.1) is 0 Å². The van der Waals surface area contributed by atoms with Crippen LogP contribution in [0.15, 0.2) is 30.3 Å². The molecule has 0 bridgehead atoms. The lowest BCUT2D eigenvalue weighted by Gasteiger charge is -2.36. The highest BCUT2D eigenvalue weighted by atomic mass is 16.7. The van der Waals surface area contributed by atoms with Crippen LogP contribution in [0.2, 0.25) is 0 Å². The zero-order chi connectivity index (χ0) is 13.8. The minimum Gasteiger partial charge on any atom is -0.376 e. The molecule has 106 valence electrons. The van der Waals surface area contributed by atoms with Crippen LogP contribution in [0.25, 0.3) is 0 Å². The van der Waals surface area contributed by atoms with Crippen molar-refractivity contribution in [2.75, 3.05) is 6.61 Å². The summed E-state index contributed by atoms with van der Waals surface area (Å²) in [5.41, 5.74) is 6.35. The van der Waals surface area contributed by atoms with Crippen molar-refractivity contribution < 1.29 is 19.3 Å². The summed E-state index contributed by atoms with van der Waals surface area (Å²) >= 11 is 0. The van der Waals surface area contributed by atoms with Gasteiger partial charge in [0.05, 0.1) is 18.8 Å². The maximum Gasteiger partial charge on any atom is 0.184 e. The highest BCUT2D eigenvalue weighted by Crippen LogP contribution is 2.27. The van der Waals surface area contributed by atoms with Gasteiger partial charge >= 0.3 is 0 Å². The summed E-state index contributed by atoms with van der Waals surface area (Å²) in [5.74, 6) is 0. The fraction of sp³-hybridized carbons (Fsp3) is 0.571. The normalized spacial score (nSPS) is 30.8. The molecule has 0 amide bonds. The lowest BCUT2D eigenvalue weighted by Crippen LogP contribution is -2.45. The van der Waals surface area contributed by atoms with Crippen molar-refractivity contribution in [1.82, 2.24) is 0 Å². The molecule has 1 fully saturated rings. The Hall–Kier alpha value is -0.980. The van der Waals surface area contributed by atoms with Crippen molar-refractivity contribution in [3.63, 3.8) is 0 Å². The fourth-order valence-electron chi connectivity index (χ4n) is 1.93. The van der Waals surface area contributed by atoms with Gasteiger partial charge in [0.25, 0.3) is 0 Å². The van der Waals surface area contributed by atoms with Gasteiger partial charge in [-0.2, -0.15) is 0 Å². The molecule has 0 radical (unpaired) electrons. The lowest BCUT2D eigenvalue weighted by atomic mass is 10.1. The fourth-order valence-corrected chi connectivity index (χ4v) is 1.93. The van der Waals surface area contributed by atoms with Crippen molar-refractivity contribution in [2.24, 2.45) is 5.73 Å². The van der Waals surface area contributed by atoms with Crippen LogP contribution in [0.5, 0.6) is 0 Å². The summed E-state index contributed by atoms with van der Waals surface area (Å²) in [6.45, 7) is 4.07. The van der Waals surface area contributed by atoms with Crippen LogP contribution in [-0.2, 0) is 14.2 Å². The number of rotatable bonds is 4. The molecule has 5 atom stereocenters. The van der Waals surface area contributed by atoms with E-state index in [0.717, 1.165) is 5.56 Å². The van der Waals surface area contributed by atoms with E-state index < -0.39 is 12.3 Å². The Morgan fingerprint density at radius 3 is 2.63 bits per heavy atom. The van der Waals surface area contributed by atoms with Gasteiger partial charge < -0.3 is 25.1 Å². The third kappa shape index (κ3) is 3.75. The first-order chi connectivity index (χ1) is 9.08. The Balaban J connectivity index is 1.91. The van der Waals surface area contributed by atoms with E-state index in [4.69, 9.17) is 19.9 Å². The molecule has 0 aliphatic carbocycles. The molecule has 19 heavy (non-hydrogen) atoms. The smallest absolute Gasteiger partial charge is 0.184 e. The highest BCUT2D eigenvalue weighted by molar-refractivity contribution is 5.16. The first kappa shape index (κ1) is 14.4. The number of ether oxygens (including phenoxy) is 3. The molecule has 2 rings (SSSR count). The molecule has 5 heteroatoms. The molecule has 5 nitrogen and oxygen atoms in total. The Kier molecular flexibility index (Phi) is 4.90. The molecular formula is C14H21NO4. The highest BCUT2D eigenvalue weighted by Gasteiger charge is 2.32. The molecule has 3 N–H and O–H groups in total. The topological polar surface area (TPSA) is 73.9 Å². The molecule has 1 aliphatic rings. The minimum atomic E-state index is -1.00. The maximum absolute atomic E-state index is 9.24. The van der Waals surface area contributed by atoms with E-state index in [1.807, 2.05) is 37.3 Å². The molecule has 1 saturated heterocycles. The summed E-state index contributed by atoms with van der Waals surface area (Å²) in [6.07, 6.45) is -2.17. The molecule has 0 aromatic heterocycles. The predicted molar refractivity (Wildman–Crippen MR) is 70.2 cm³/mol. The number of benzene rings is 1. The number of aliphatic hydroxyl groups excluding tert-OH is 1. The van der Waals surface area contributed by atoms with Gasteiger partial charge in [-0.15, -0.1) is 0 Å². The van der Waals surface area contributed by atoms with E-state index in [2.05, 4.69) is 0 Å². The summed E-state index contributed by atoms with van der Waals surface area (Å²) in [5, 5.41) is 9.24. The second-order valence-corrected chi connectivity index (χ2v) is 4.79. The van der Waals surface area contributed by atoms with E-state index in [0.29, 0.717) is 6.61 Å². The maximum atomic E-state index is 9.24. The quantitative estimate of drug-likeness (QED) is 0.801. The van der Waals surface area contributed by atoms with E-state index in [9.17, 15) is 5.11 Å². The van der Waals surface area contributed by atoms with Crippen molar-refractivity contribution in [3.05, 3.63) is 35.9 Å². The molecule has 1 aromatic rings. The average molecular weight is 267 g/mol. The van der Waals surface area contributed by atoms with Crippen LogP contribution in [0.3, 0.4) is 0 Å². The zero-order valence-corrected chi connectivity index (χ0v) is 11.2. The standard InChI is InChI=1S/C14H21NO4/c1-9-12(18-10(2)13(15)16)8-17-14(19-9)11-6-4-3-5-7-11/h3-7,9-10,12-14,16H,8,15H2,1-2H3/t9-,10?,12?,13-,14?/m0/s1. The molecule has 0 spiro atoms. The number of aliphatic hydroxyl groups is 1. The molecule has 1 aromatic carbocycles. The average Bonchev–Trinajstić information content (AvgIpc) is 2.41. The molecule has 3 unspecified atom stereocenters. The van der Waals surface area contributed by atoms with Crippen molar-refractivity contribution >= 4 is 0 Å². The molecule has 0 saturated carbocycles. The molecule has 1 aliphatic heterocycles. The van der Waals surface area contributed by atoms with Crippen LogP contribution < -0.4 is 5.73 Å². The minimum absolute atomic E-state index is 0.125. The van der Waals surface area contributed by atoms with Gasteiger partial charge in [0.2, 0.25) is 0 Å². The van der Waals surface area contributed by atoms with Crippen molar-refractivity contribution in [3.8, 4) is 0 Å². The third-order valence-electron chi connectivity index (χ3n) is 3.22. The first-order valence-corrected chi connectivity index (χ1v) is 6.49. The molecular weight excluding hydrogens is 246 g/mol. The second-order valence-electron chi connectivity index (χ2n) is 4.79. The van der Waals surface area contributed by atoms with Crippen molar-refractivity contribution in [1.29, 1.82) is 0 Å². The second kappa shape index (κ2) is 6.45. The van der Waals surface area contributed by atoms with Gasteiger partial charge in [0.15, 0.2) is 6.29 Å². The number of hydrogen-bond acceptors (Lipinski definition) is 5. The number of hydrogen-bond donors (Lipinski definition) is 2. The summed E-state index contributed by atoms with van der Waals surface area (Å²) in [6, 6.07) is 9.77. The Morgan fingerprint density at radius 1 is 1.37 bits per heavy atom. The van der Waals surface area contributed by atoms with Crippen molar-refractivity contribution in [2.45, 2.75) is 44.7 Å². The SMILES string of the molecule is CC(OC1COC(c2ccccc2)O[C@H]1C)[C@@H](N)O. The zero-order valence-electron chi connectivity index (χ0n) is 11.2. The third-order valence-corrected chi connectivity index (χ3v) is 3.22. The van der Waals surface area contributed by atoms with E-state index >= 15 is 0 Å². The molecule has 1 heterocycles. The largest absolute Gasteiger partial charge is 0.376 e. The van der Waals surface area contributed by atoms with E-state index in [1.54, 1.807) is 6.92 Å². The Morgan fingerprint density at radius 2 is 2.05 bits per heavy atom. The predicted octanol–water partition coefficient (Wildman–Crippen LogP) is 1.17. The number of nitrogens with two attached hydrogens (primary N) is 1. The Labute approximate surface area is 113 Å². The van der Waals surface area contributed by atoms with Crippen LogP contribution >= 0.6 is 0 Å². The van der Waals surface area contributed by atoms with Crippen LogP contribution in [0.1, 0.15) is 25.7 Å². The van der Waals surface area contributed by atoms with Gasteiger partial charge in [-0.05, 0) is 13.8 Å². The Bertz CT molecular complexity index is 384. The summed E-state index contributed by atoms with van der Waals surface area (Å²) < 4.78 is 17.1. The van der Waals surface area contributed by atoms with E-state index in [-0.39, 0.29) is 18.5 Å². The van der Waals surface area contributed by atoms with Crippen LogP contribution in [-0.4, -0.2) is 36.3 Å². The van der Waals surface area contributed by atoms with Gasteiger partial charge in [0.1, 0.15) is 12.3 Å². The first-order valence-electron chi connectivity index (χ1n) is 6.49. The monoisotopic (exact) mass is 267 g/mol. The summed E-state index contributed by atoms with van der Waals surface area (Å²) in [4.78, 5) is 0. The van der Waals surface area contributed by atoms with Gasteiger partial charge in [-0.1, -0.05) is 30.3 Å².